The summed E-state index contributed by atoms with van der Waals surface area (Å²) >= 11 is 0. The number of rotatable bonds is 10. The van der Waals surface area contributed by atoms with Gasteiger partial charge >= 0.3 is 12.2 Å². The van der Waals surface area contributed by atoms with Crippen LogP contribution in [0, 0.1) is 11.8 Å². The minimum atomic E-state index is -0.752. The summed E-state index contributed by atoms with van der Waals surface area (Å²) in [7, 11) is 2.54. The lowest BCUT2D eigenvalue weighted by Gasteiger charge is -2.30. The van der Waals surface area contributed by atoms with E-state index in [4.69, 9.17) is 18.9 Å². The number of benzene rings is 2. The van der Waals surface area contributed by atoms with Crippen LogP contribution in [0.4, 0.5) is 9.59 Å². The molecule has 0 bridgehead atoms. The number of fused-ring (bicyclic) bond motifs is 2. The number of nitrogens with one attached hydrogen (secondary N) is 4. The number of amides is 4. The molecule has 0 saturated carbocycles. The molecule has 2 aliphatic heterocycles. The largest absolute Gasteiger partial charge is 0.463 e. The molecule has 5 aromatic rings. The maximum Gasteiger partial charge on any atom is 0.407 e. The van der Waals surface area contributed by atoms with Crippen molar-refractivity contribution < 1.29 is 33.1 Å². The Morgan fingerprint density at radius 2 is 1.37 bits per heavy atom. The molecule has 2 saturated heterocycles. The summed E-state index contributed by atoms with van der Waals surface area (Å²) < 4.78 is 15.5. The van der Waals surface area contributed by atoms with Crippen LogP contribution in [0.3, 0.4) is 0 Å². The zero-order valence-electron chi connectivity index (χ0n) is 32.9. The molecule has 5 heterocycles. The number of alkyl carbamates (subject to hydrolysis) is 2. The molecule has 3 aromatic heterocycles. The molecule has 2 fully saturated rings. The van der Waals surface area contributed by atoms with Gasteiger partial charge in [-0.3, -0.25) is 14.4 Å². The Kier molecular flexibility index (Phi) is 11.0. The van der Waals surface area contributed by atoms with Crippen LogP contribution in [-0.2, 0) is 19.1 Å². The topological polar surface area (TPSA) is 205 Å². The Bertz CT molecular complexity index is 2360. The SMILES string of the molecule is COC(=O)N[C@H](C(=O)N1CCC[C@H]1c1ncc(-c2ccc(-c3coc4cc5nc([C@@H]6CCCN6C(=O)[C@@H](NC(=O)OC)C(C)C)[nH]c5cc4c3=O)cc2)[nH]1)C(C)C. The van der Waals surface area contributed by atoms with Gasteiger partial charge in [0.05, 0.1) is 60.2 Å². The first-order valence-electron chi connectivity index (χ1n) is 19.3. The number of H-pyrrole nitrogens is 2. The van der Waals surface area contributed by atoms with Gasteiger partial charge in [0.25, 0.3) is 0 Å². The molecule has 0 aliphatic carbocycles. The summed E-state index contributed by atoms with van der Waals surface area (Å²) in [5, 5.41) is 5.73. The molecule has 4 N–H and O–H groups in total. The fourth-order valence-electron chi connectivity index (χ4n) is 7.88. The average Bonchev–Trinajstić information content (AvgIpc) is 4.04. The molecule has 7 rings (SSSR count). The first-order chi connectivity index (χ1) is 27.4. The zero-order valence-corrected chi connectivity index (χ0v) is 32.9. The fraction of sp³-hybridized carbons (Fsp3) is 0.439. The van der Waals surface area contributed by atoms with E-state index in [1.807, 2.05) is 52.0 Å². The molecule has 2 aliphatic rings. The van der Waals surface area contributed by atoms with E-state index in [0.29, 0.717) is 64.3 Å². The van der Waals surface area contributed by atoms with Gasteiger partial charge in [-0.05, 0) is 54.7 Å². The second-order valence-electron chi connectivity index (χ2n) is 15.3. The smallest absolute Gasteiger partial charge is 0.407 e. The highest BCUT2D eigenvalue weighted by molar-refractivity contribution is 5.94. The monoisotopic (exact) mass is 780 g/mol. The van der Waals surface area contributed by atoms with Crippen molar-refractivity contribution >= 4 is 46.0 Å². The summed E-state index contributed by atoms with van der Waals surface area (Å²) in [4.78, 5) is 84.7. The fourth-order valence-corrected chi connectivity index (χ4v) is 7.88. The third kappa shape index (κ3) is 7.67. The van der Waals surface area contributed by atoms with Crippen LogP contribution < -0.4 is 16.1 Å². The lowest BCUT2D eigenvalue weighted by molar-refractivity contribution is -0.136. The maximum atomic E-state index is 13.9. The van der Waals surface area contributed by atoms with Crippen molar-refractivity contribution in [2.45, 2.75) is 77.5 Å². The number of nitrogens with zero attached hydrogens (tertiary/aromatic N) is 4. The minimum absolute atomic E-state index is 0.137. The lowest BCUT2D eigenvalue weighted by Crippen LogP contribution is -2.51. The normalized spacial score (nSPS) is 18.0. The highest BCUT2D eigenvalue weighted by atomic mass is 16.5. The molecular weight excluding hydrogens is 732 g/mol. The van der Waals surface area contributed by atoms with Crippen LogP contribution in [0.15, 0.2) is 58.1 Å². The van der Waals surface area contributed by atoms with Crippen molar-refractivity contribution in [3.05, 3.63) is 70.7 Å². The molecule has 0 spiro atoms. The van der Waals surface area contributed by atoms with E-state index in [1.165, 1.54) is 20.5 Å². The quantitative estimate of drug-likeness (QED) is 0.134. The average molecular weight is 781 g/mol. The summed E-state index contributed by atoms with van der Waals surface area (Å²) in [6.45, 7) is 8.57. The third-order valence-electron chi connectivity index (χ3n) is 11.0. The van der Waals surface area contributed by atoms with Crippen molar-refractivity contribution in [2.24, 2.45) is 11.8 Å². The Balaban J connectivity index is 1.09. The molecule has 300 valence electrons. The van der Waals surface area contributed by atoms with Gasteiger partial charge < -0.3 is 44.3 Å². The number of carbonyl (C=O) groups is 4. The van der Waals surface area contributed by atoms with Gasteiger partial charge in [0, 0.05) is 19.2 Å². The standard InChI is InChI=1S/C41H48N8O8/c1-21(2)33(46-40(53)55-5)38(51)48-15-7-9-30(48)36-42-19-29(45-36)24-13-11-23(12-14-24)26-20-57-32-18-28-27(17-25(32)35(26)50)43-37(44-28)31-10-8-16-49(31)39(52)34(22(3)4)47-41(54)56-6/h11-14,17-22,30-31,33-34H,7-10,15-16H2,1-6H3,(H,42,45)(H,43,44)(H,46,53)(H,47,54)/t30-,31-,33-,34-/m0/s1. The molecular formula is C41H48N8O8. The van der Waals surface area contributed by atoms with Gasteiger partial charge in [0.1, 0.15) is 35.6 Å². The van der Waals surface area contributed by atoms with Gasteiger partial charge in [-0.25, -0.2) is 19.6 Å². The van der Waals surface area contributed by atoms with E-state index in [1.54, 1.807) is 28.1 Å². The molecule has 0 radical (unpaired) electrons. The number of ether oxygens (including phenoxy) is 2. The highest BCUT2D eigenvalue weighted by Gasteiger charge is 2.39. The van der Waals surface area contributed by atoms with Crippen LogP contribution in [0.25, 0.3) is 44.4 Å². The summed E-state index contributed by atoms with van der Waals surface area (Å²) in [5.41, 5.74) is 4.09. The number of methoxy groups -OCH3 is 2. The van der Waals surface area contributed by atoms with Crippen LogP contribution in [0.1, 0.15) is 77.1 Å². The van der Waals surface area contributed by atoms with E-state index >= 15 is 0 Å². The van der Waals surface area contributed by atoms with E-state index in [2.05, 4.69) is 25.6 Å². The zero-order chi connectivity index (χ0) is 40.5. The molecule has 16 nitrogen and oxygen atoms in total. The lowest BCUT2D eigenvalue weighted by atomic mass is 10.0. The first kappa shape index (κ1) is 39.1. The number of likely N-dealkylation sites (tertiary alicyclic amines) is 2. The van der Waals surface area contributed by atoms with E-state index < -0.39 is 24.3 Å². The molecule has 16 heteroatoms. The number of hydrogen-bond donors (Lipinski definition) is 4. The van der Waals surface area contributed by atoms with Gasteiger partial charge in [-0.1, -0.05) is 52.0 Å². The number of aromatic nitrogens is 4. The predicted octanol–water partition coefficient (Wildman–Crippen LogP) is 5.81. The van der Waals surface area contributed by atoms with E-state index in [-0.39, 0.29) is 41.2 Å². The Morgan fingerprint density at radius 1 is 0.807 bits per heavy atom. The van der Waals surface area contributed by atoms with Gasteiger partial charge in [-0.15, -0.1) is 0 Å². The van der Waals surface area contributed by atoms with E-state index in [0.717, 1.165) is 30.5 Å². The van der Waals surface area contributed by atoms with Crippen molar-refractivity contribution in [1.29, 1.82) is 0 Å². The van der Waals surface area contributed by atoms with Crippen LogP contribution in [-0.4, -0.2) is 93.1 Å². The summed E-state index contributed by atoms with van der Waals surface area (Å²) in [5.74, 6) is 0.576. The van der Waals surface area contributed by atoms with Crippen molar-refractivity contribution in [3.8, 4) is 22.4 Å². The maximum absolute atomic E-state index is 13.9. The first-order valence-corrected chi connectivity index (χ1v) is 19.3. The van der Waals surface area contributed by atoms with E-state index in [9.17, 15) is 24.0 Å². The summed E-state index contributed by atoms with van der Waals surface area (Å²) in [6.07, 6.45) is 4.88. The van der Waals surface area contributed by atoms with Crippen LogP contribution in [0.5, 0.6) is 0 Å². The molecule has 4 amide bonds. The highest BCUT2D eigenvalue weighted by Crippen LogP contribution is 2.35. The van der Waals surface area contributed by atoms with Crippen molar-refractivity contribution in [1.82, 2.24) is 40.4 Å². The number of carbonyl (C=O) groups excluding carboxylic acids is 4. The van der Waals surface area contributed by atoms with Gasteiger partial charge in [-0.2, -0.15) is 0 Å². The number of hydrogen-bond acceptors (Lipinski definition) is 10. The molecule has 57 heavy (non-hydrogen) atoms. The predicted molar refractivity (Wildman–Crippen MR) is 211 cm³/mol. The van der Waals surface area contributed by atoms with Gasteiger partial charge in [0.15, 0.2) is 0 Å². The Morgan fingerprint density at radius 3 is 1.93 bits per heavy atom. The number of imidazole rings is 2. The molecule has 2 aromatic carbocycles. The molecule has 4 atom stereocenters. The van der Waals surface area contributed by atoms with Crippen LogP contribution in [0.2, 0.25) is 0 Å². The Labute approximate surface area is 328 Å². The van der Waals surface area contributed by atoms with Crippen molar-refractivity contribution in [2.75, 3.05) is 27.3 Å². The van der Waals surface area contributed by atoms with Crippen LogP contribution >= 0.6 is 0 Å². The third-order valence-corrected chi connectivity index (χ3v) is 11.0. The van der Waals surface area contributed by atoms with Gasteiger partial charge in [0.2, 0.25) is 17.2 Å². The minimum Gasteiger partial charge on any atom is -0.463 e. The number of aromatic amines is 2. The Hall–Kier alpha value is -6.19. The second-order valence-corrected chi connectivity index (χ2v) is 15.3. The summed E-state index contributed by atoms with van der Waals surface area (Å²) in [6, 6.07) is 8.88. The second kappa shape index (κ2) is 16.1. The molecule has 0 unspecified atom stereocenters. The van der Waals surface area contributed by atoms with Crippen molar-refractivity contribution in [3.63, 3.8) is 0 Å².